The maximum absolute atomic E-state index is 12.9. The quantitative estimate of drug-likeness (QED) is 0.831. The largest absolute Gasteiger partial charge is 0.322 e. The second kappa shape index (κ2) is 5.09. The summed E-state index contributed by atoms with van der Waals surface area (Å²) >= 11 is 0. The van der Waals surface area contributed by atoms with Gasteiger partial charge in [0.05, 0.1) is 0 Å². The second-order valence-corrected chi connectivity index (χ2v) is 3.74. The molecule has 98 valence electrons. The van der Waals surface area contributed by atoms with Crippen LogP contribution in [-0.2, 0) is 0 Å². The summed E-state index contributed by atoms with van der Waals surface area (Å²) in [6.45, 7) is 0. The van der Waals surface area contributed by atoms with Crippen LogP contribution in [0.2, 0.25) is 0 Å². The SMILES string of the molecule is O=C(Nc1cc(F)cc(F)c1)c1ccc(F)c(F)c1. The average molecular weight is 269 g/mol. The molecule has 0 radical (unpaired) electrons. The van der Waals surface area contributed by atoms with Crippen molar-refractivity contribution in [3.8, 4) is 0 Å². The smallest absolute Gasteiger partial charge is 0.255 e. The van der Waals surface area contributed by atoms with E-state index in [-0.39, 0.29) is 11.3 Å². The van der Waals surface area contributed by atoms with E-state index in [1.54, 1.807) is 0 Å². The molecule has 19 heavy (non-hydrogen) atoms. The highest BCUT2D eigenvalue weighted by Gasteiger charge is 2.11. The highest BCUT2D eigenvalue weighted by molar-refractivity contribution is 6.04. The minimum Gasteiger partial charge on any atom is -0.322 e. The van der Waals surface area contributed by atoms with E-state index in [4.69, 9.17) is 0 Å². The molecule has 0 aliphatic carbocycles. The third-order valence-corrected chi connectivity index (χ3v) is 2.30. The van der Waals surface area contributed by atoms with Crippen molar-refractivity contribution in [2.75, 3.05) is 5.32 Å². The average Bonchev–Trinajstić information content (AvgIpc) is 2.31. The number of hydrogen-bond donors (Lipinski definition) is 1. The Morgan fingerprint density at radius 1 is 0.842 bits per heavy atom. The molecule has 6 heteroatoms. The lowest BCUT2D eigenvalue weighted by Gasteiger charge is -2.06. The molecule has 0 aliphatic heterocycles. The van der Waals surface area contributed by atoms with Crippen LogP contribution in [0.3, 0.4) is 0 Å². The maximum atomic E-state index is 12.9. The van der Waals surface area contributed by atoms with E-state index in [1.165, 1.54) is 0 Å². The Labute approximate surface area is 105 Å². The molecule has 2 nitrogen and oxygen atoms in total. The van der Waals surface area contributed by atoms with Crippen molar-refractivity contribution in [2.45, 2.75) is 0 Å². The van der Waals surface area contributed by atoms with Gasteiger partial charge in [-0.25, -0.2) is 17.6 Å². The van der Waals surface area contributed by atoms with Gasteiger partial charge in [-0.2, -0.15) is 0 Å². The van der Waals surface area contributed by atoms with Crippen LogP contribution in [0, 0.1) is 23.3 Å². The summed E-state index contributed by atoms with van der Waals surface area (Å²) in [7, 11) is 0. The molecule has 0 heterocycles. The summed E-state index contributed by atoms with van der Waals surface area (Å²) in [6.07, 6.45) is 0. The number of amides is 1. The highest BCUT2D eigenvalue weighted by atomic mass is 19.2. The van der Waals surface area contributed by atoms with Crippen molar-refractivity contribution in [3.05, 3.63) is 65.2 Å². The molecule has 2 rings (SSSR count). The van der Waals surface area contributed by atoms with E-state index < -0.39 is 29.2 Å². The lowest BCUT2D eigenvalue weighted by Crippen LogP contribution is -2.12. The molecule has 0 fully saturated rings. The van der Waals surface area contributed by atoms with E-state index >= 15 is 0 Å². The Bertz CT molecular complexity index is 622. The van der Waals surface area contributed by atoms with Crippen molar-refractivity contribution in [1.29, 1.82) is 0 Å². The van der Waals surface area contributed by atoms with Crippen molar-refractivity contribution >= 4 is 11.6 Å². The zero-order valence-electron chi connectivity index (χ0n) is 9.38. The van der Waals surface area contributed by atoms with Crippen LogP contribution < -0.4 is 5.32 Å². The summed E-state index contributed by atoms with van der Waals surface area (Å²) in [5, 5.41) is 2.18. The first kappa shape index (κ1) is 13.1. The maximum Gasteiger partial charge on any atom is 0.255 e. The van der Waals surface area contributed by atoms with Crippen molar-refractivity contribution in [2.24, 2.45) is 0 Å². The molecule has 0 unspecified atom stereocenters. The van der Waals surface area contributed by atoms with Gasteiger partial charge in [0.2, 0.25) is 0 Å². The molecule has 0 saturated heterocycles. The Hall–Kier alpha value is -2.37. The van der Waals surface area contributed by atoms with Gasteiger partial charge in [-0.05, 0) is 30.3 Å². The minimum absolute atomic E-state index is 0.118. The van der Waals surface area contributed by atoms with Gasteiger partial charge >= 0.3 is 0 Å². The number of rotatable bonds is 2. The van der Waals surface area contributed by atoms with Gasteiger partial charge in [-0.3, -0.25) is 4.79 Å². The zero-order chi connectivity index (χ0) is 14.0. The molecular weight excluding hydrogens is 262 g/mol. The summed E-state index contributed by atoms with van der Waals surface area (Å²) in [5.74, 6) is -4.79. The molecule has 0 aliphatic rings. The lowest BCUT2D eigenvalue weighted by atomic mass is 10.2. The van der Waals surface area contributed by atoms with Crippen molar-refractivity contribution in [3.63, 3.8) is 0 Å². The van der Waals surface area contributed by atoms with E-state index in [2.05, 4.69) is 5.32 Å². The molecule has 0 spiro atoms. The van der Waals surface area contributed by atoms with E-state index in [0.717, 1.165) is 24.3 Å². The van der Waals surface area contributed by atoms with Crippen LogP contribution in [0.25, 0.3) is 0 Å². The zero-order valence-corrected chi connectivity index (χ0v) is 9.38. The number of carbonyl (C=O) groups is 1. The Morgan fingerprint density at radius 3 is 2.05 bits per heavy atom. The number of carbonyl (C=O) groups excluding carboxylic acids is 1. The molecule has 1 N–H and O–H groups in total. The predicted octanol–water partition coefficient (Wildman–Crippen LogP) is 3.50. The molecule has 0 bridgehead atoms. The fourth-order valence-electron chi connectivity index (χ4n) is 1.47. The fourth-order valence-corrected chi connectivity index (χ4v) is 1.47. The third kappa shape index (κ3) is 3.09. The predicted molar refractivity (Wildman–Crippen MR) is 60.7 cm³/mol. The van der Waals surface area contributed by atoms with Crippen LogP contribution >= 0.6 is 0 Å². The summed E-state index contributed by atoms with van der Waals surface area (Å²) in [4.78, 5) is 11.7. The van der Waals surface area contributed by atoms with Gasteiger partial charge in [-0.15, -0.1) is 0 Å². The van der Waals surface area contributed by atoms with E-state index in [9.17, 15) is 22.4 Å². The van der Waals surface area contributed by atoms with Gasteiger partial charge in [0, 0.05) is 17.3 Å². The highest BCUT2D eigenvalue weighted by Crippen LogP contribution is 2.15. The Balaban J connectivity index is 2.22. The van der Waals surface area contributed by atoms with Crippen molar-refractivity contribution < 1.29 is 22.4 Å². The number of anilines is 1. The number of hydrogen-bond acceptors (Lipinski definition) is 1. The van der Waals surface area contributed by atoms with Crippen molar-refractivity contribution in [1.82, 2.24) is 0 Å². The number of benzene rings is 2. The standard InChI is InChI=1S/C13H7F4NO/c14-8-4-9(15)6-10(5-8)18-13(19)7-1-2-11(16)12(17)3-7/h1-6H,(H,18,19). The molecular formula is C13H7F4NO. The molecule has 0 atom stereocenters. The minimum atomic E-state index is -1.18. The summed E-state index contributed by atoms with van der Waals surface area (Å²) < 4.78 is 51.4. The third-order valence-electron chi connectivity index (χ3n) is 2.30. The van der Waals surface area contributed by atoms with E-state index in [1.807, 2.05) is 0 Å². The van der Waals surface area contributed by atoms with Crippen LogP contribution in [0.5, 0.6) is 0 Å². The lowest BCUT2D eigenvalue weighted by molar-refractivity contribution is 0.102. The topological polar surface area (TPSA) is 29.1 Å². The first-order valence-electron chi connectivity index (χ1n) is 5.18. The van der Waals surface area contributed by atoms with Gasteiger partial charge in [-0.1, -0.05) is 0 Å². The van der Waals surface area contributed by atoms with Gasteiger partial charge in [0.15, 0.2) is 11.6 Å². The molecule has 0 saturated carbocycles. The molecule has 0 aromatic heterocycles. The van der Waals surface area contributed by atoms with Crippen LogP contribution in [0.1, 0.15) is 10.4 Å². The number of nitrogens with one attached hydrogen (secondary N) is 1. The molecule has 1 amide bonds. The second-order valence-electron chi connectivity index (χ2n) is 3.74. The molecule has 2 aromatic rings. The Morgan fingerprint density at radius 2 is 1.47 bits per heavy atom. The number of halogens is 4. The first-order chi connectivity index (χ1) is 8.95. The summed E-state index contributed by atoms with van der Waals surface area (Å²) in [6, 6.07) is 5.00. The van der Waals surface area contributed by atoms with Crippen LogP contribution in [0.4, 0.5) is 23.2 Å². The van der Waals surface area contributed by atoms with Gasteiger partial charge in [0.25, 0.3) is 5.91 Å². The Kier molecular flexibility index (Phi) is 3.50. The normalized spacial score (nSPS) is 10.3. The van der Waals surface area contributed by atoms with Crippen LogP contribution in [0.15, 0.2) is 36.4 Å². The first-order valence-corrected chi connectivity index (χ1v) is 5.18. The van der Waals surface area contributed by atoms with E-state index in [0.29, 0.717) is 12.1 Å². The van der Waals surface area contributed by atoms with Gasteiger partial charge < -0.3 is 5.32 Å². The van der Waals surface area contributed by atoms with Gasteiger partial charge in [0.1, 0.15) is 11.6 Å². The fraction of sp³-hybridized carbons (Fsp3) is 0. The summed E-state index contributed by atoms with van der Waals surface area (Å²) in [5.41, 5.74) is -0.282. The van der Waals surface area contributed by atoms with Crippen LogP contribution in [-0.4, -0.2) is 5.91 Å². The monoisotopic (exact) mass is 269 g/mol. The molecule has 2 aromatic carbocycles.